The van der Waals surface area contributed by atoms with Crippen LogP contribution in [0, 0.1) is 25.2 Å². The predicted molar refractivity (Wildman–Crippen MR) is 354 cm³/mol. The number of ketones is 1. The van der Waals surface area contributed by atoms with Crippen LogP contribution in [0.2, 0.25) is 5.02 Å². The van der Waals surface area contributed by atoms with E-state index in [2.05, 4.69) is 90.2 Å². The maximum absolute atomic E-state index is 11.4. The molecule has 0 amide bonds. The van der Waals surface area contributed by atoms with Gasteiger partial charge in [0, 0.05) is 17.2 Å². The lowest BCUT2D eigenvalue weighted by molar-refractivity contribution is 0.101. The molecule has 32 heteroatoms. The summed E-state index contributed by atoms with van der Waals surface area (Å²) in [6, 6.07) is 22.8. The van der Waals surface area contributed by atoms with Crippen molar-refractivity contribution in [1.82, 2.24) is 39.9 Å². The van der Waals surface area contributed by atoms with E-state index in [-0.39, 0.29) is 57.6 Å². The van der Waals surface area contributed by atoms with E-state index < -0.39 is 0 Å². The molecule has 4 aromatic heterocycles. The van der Waals surface area contributed by atoms with E-state index in [9.17, 15) is 4.79 Å². The number of Topliss-reactive ketones (excluding diaryl/α,β-unsaturated/α-hetero) is 1. The summed E-state index contributed by atoms with van der Waals surface area (Å²) in [6.07, 6.45) is 14.4. The van der Waals surface area contributed by atoms with E-state index in [0.29, 0.717) is 62.1 Å². The van der Waals surface area contributed by atoms with E-state index in [1.54, 1.807) is 43.5 Å². The average molecular weight is 1300 g/mol. The van der Waals surface area contributed by atoms with Gasteiger partial charge in [0.1, 0.15) is 137 Å². The van der Waals surface area contributed by atoms with Gasteiger partial charge in [-0.15, -0.1) is 0 Å². The van der Waals surface area contributed by atoms with Gasteiger partial charge in [-0.3, -0.25) is 4.79 Å². The van der Waals surface area contributed by atoms with Crippen LogP contribution in [0.4, 0.5) is 23.3 Å². The molecule has 94 heavy (non-hydrogen) atoms. The third-order valence-electron chi connectivity index (χ3n) is 11.9. The molecule has 0 spiro atoms. The maximum Gasteiger partial charge on any atom is 0.233 e. The Balaban J connectivity index is 0.000000228. The minimum Gasteiger partial charge on any atom is -0.493 e. The molecule has 0 fully saturated rings. The topological polar surface area (TPSA) is 424 Å². The first-order valence-corrected chi connectivity index (χ1v) is 27.5. The second-order valence-corrected chi connectivity index (χ2v) is 18.7. The number of oxime groups is 6. The highest BCUT2D eigenvalue weighted by Gasteiger charge is 2.17. The number of benzene rings is 4. The van der Waals surface area contributed by atoms with Gasteiger partial charge in [-0.1, -0.05) is 54.7 Å². The number of rotatable bonds is 23. The summed E-state index contributed by atoms with van der Waals surface area (Å²) in [5.41, 5.74) is 31.0. The summed E-state index contributed by atoms with van der Waals surface area (Å²) in [6.45, 7) is 9.02. The van der Waals surface area contributed by atoms with Crippen LogP contribution in [-0.4, -0.2) is 132 Å². The zero-order valence-corrected chi connectivity index (χ0v) is 53.8. The fraction of sp³-hybridized carbons (Fsp3) is 0.194. The van der Waals surface area contributed by atoms with Crippen LogP contribution in [0.3, 0.4) is 0 Å². The predicted octanol–water partition coefficient (Wildman–Crippen LogP) is 10.1. The molecule has 0 bridgehead atoms. The van der Waals surface area contributed by atoms with Gasteiger partial charge in [0.25, 0.3) is 0 Å². The Morgan fingerprint density at radius 3 is 1.27 bits per heavy atom. The van der Waals surface area contributed by atoms with Crippen molar-refractivity contribution >= 4 is 83.0 Å². The number of carbonyl (C=O) groups is 1. The summed E-state index contributed by atoms with van der Waals surface area (Å²) < 4.78 is 28.4. The Bertz CT molecular complexity index is 4140. The highest BCUT2D eigenvalue weighted by atomic mass is 35.5. The molecular formula is C62H66ClN19O12. The van der Waals surface area contributed by atoms with E-state index in [1.165, 1.54) is 106 Å². The lowest BCUT2D eigenvalue weighted by Gasteiger charge is -2.12. The van der Waals surface area contributed by atoms with Gasteiger partial charge in [-0.2, -0.15) is 5.26 Å². The Hall–Kier alpha value is -12.6. The average Bonchev–Trinajstić information content (AvgIpc) is 0.871. The fourth-order valence-electron chi connectivity index (χ4n) is 7.54. The minimum atomic E-state index is 0.00301. The number of halogens is 1. The number of allylic oxidation sites excluding steroid dienone is 1. The van der Waals surface area contributed by atoms with Crippen LogP contribution < -0.4 is 46.6 Å². The summed E-state index contributed by atoms with van der Waals surface area (Å²) in [5, 5.41) is 31.5. The number of aryl methyl sites for hydroxylation is 2. The number of ether oxygens (including phenoxy) is 5. The van der Waals surface area contributed by atoms with E-state index >= 15 is 0 Å². The number of nitrogens with two attached hydrogens (primary N) is 4. The molecular weight excluding hydrogens is 1240 g/mol. The molecule has 488 valence electrons. The lowest BCUT2D eigenvalue weighted by atomic mass is 10.1. The van der Waals surface area contributed by atoms with E-state index in [4.69, 9.17) is 73.2 Å². The molecule has 0 atom stereocenters. The van der Waals surface area contributed by atoms with Crippen LogP contribution in [0.5, 0.6) is 52.3 Å². The van der Waals surface area contributed by atoms with Crippen molar-refractivity contribution in [2.75, 3.05) is 72.7 Å². The molecule has 0 aliphatic heterocycles. The van der Waals surface area contributed by atoms with E-state index in [1.807, 2.05) is 76.2 Å². The third-order valence-corrected chi connectivity index (χ3v) is 12.2. The van der Waals surface area contributed by atoms with Gasteiger partial charge >= 0.3 is 0 Å². The SMILES string of the molecule is CO/N=C(/C)c1ccc(Oc2ncnc(N)c2/C=N/OC)cc1C.CO/N=C/c1c(N)ncnc1Oc1ccc(/C=C/C(C)=N/OC)cc1OC.CO/N=C/c1c(N)ncnc1Oc1ccc(C#N)c(Cl)c1.CO/N=C/c1c(N)ncnc1Oc1ccc(C(C)=O)c(C)c1. The monoisotopic (exact) mass is 1300 g/mol. The molecule has 4 heterocycles. The standard InChI is InChI=1S/C18H21N5O4.C16H19N5O3.C15H16N4O3.C13H10ClN5O2/c1-12(23-26-4)5-6-13-7-8-15(16(9-13)24-2)27-18-14(10-22-25-3)17(19)20-11-21-18;1-10-7-12(5-6-13(10)11(2)21-23-4)24-16-14(8-20-22-3)15(17)18-9-19-16;1-9-6-11(4-5-12(9)10(2)20)22-15-13(7-19-21-3)14(16)17-8-18-15;1-20-19-6-10-12(16)17-7-18-13(10)21-9-3-2-8(5-15)11(14)4-9/h5-11H,1-4H3,(H2,19,20,21);5-9H,1-4H3,(H2,17,18,19);4-8H,1-3H3,(H2,16,17,18);2-4,6-7H,1H3,(H2,16,17,18)/b6-5+,22-10+,23-12+;20-8+,21-11-;19-7+;19-6+. The number of hydrogen-bond acceptors (Lipinski definition) is 31. The molecule has 0 aliphatic carbocycles. The van der Waals surface area contributed by atoms with Gasteiger partial charge in [0.05, 0.1) is 54.0 Å². The first-order valence-electron chi connectivity index (χ1n) is 27.2. The smallest absolute Gasteiger partial charge is 0.233 e. The number of aromatic nitrogens is 8. The minimum absolute atomic E-state index is 0.00301. The summed E-state index contributed by atoms with van der Waals surface area (Å²) in [7, 11) is 10.2. The number of carbonyl (C=O) groups excluding carboxylic acids is 1. The van der Waals surface area contributed by atoms with E-state index in [0.717, 1.165) is 33.7 Å². The number of hydrogen-bond donors (Lipinski definition) is 4. The Kier molecular flexibility index (Phi) is 28.7. The van der Waals surface area contributed by atoms with Crippen molar-refractivity contribution in [1.29, 1.82) is 5.26 Å². The van der Waals surface area contributed by atoms with Crippen LogP contribution in [0.25, 0.3) is 6.08 Å². The Morgan fingerprint density at radius 2 is 0.894 bits per heavy atom. The van der Waals surface area contributed by atoms with Gasteiger partial charge in [-0.05, 0) is 118 Å². The molecule has 0 unspecified atom stereocenters. The van der Waals surface area contributed by atoms with Crippen molar-refractivity contribution in [3.63, 3.8) is 0 Å². The van der Waals surface area contributed by atoms with Gasteiger partial charge in [0.2, 0.25) is 23.5 Å². The van der Waals surface area contributed by atoms with Gasteiger partial charge in [0.15, 0.2) is 17.3 Å². The number of nitriles is 1. The number of nitrogen functional groups attached to an aromatic ring is 4. The number of nitrogens with zero attached hydrogens (tertiary/aromatic N) is 15. The summed E-state index contributed by atoms with van der Waals surface area (Å²) in [5.74, 6) is 4.38. The molecule has 0 aliphatic rings. The molecule has 0 saturated heterocycles. The fourth-order valence-corrected chi connectivity index (χ4v) is 7.75. The highest BCUT2D eigenvalue weighted by Crippen LogP contribution is 2.35. The molecule has 8 rings (SSSR count). The van der Waals surface area contributed by atoms with Crippen LogP contribution in [-0.2, 0) is 29.0 Å². The first-order chi connectivity index (χ1) is 45.3. The van der Waals surface area contributed by atoms with Crippen molar-refractivity contribution in [3.05, 3.63) is 165 Å². The molecule has 8 aromatic rings. The van der Waals surface area contributed by atoms with Gasteiger partial charge in [-0.25, -0.2) is 39.9 Å². The van der Waals surface area contributed by atoms with Crippen molar-refractivity contribution < 1.29 is 57.5 Å². The van der Waals surface area contributed by atoms with Gasteiger partial charge < -0.3 is 75.6 Å². The van der Waals surface area contributed by atoms with Crippen molar-refractivity contribution in [2.24, 2.45) is 30.9 Å². The number of methoxy groups -OCH3 is 1. The van der Waals surface area contributed by atoms with Crippen molar-refractivity contribution in [2.45, 2.75) is 34.6 Å². The summed E-state index contributed by atoms with van der Waals surface area (Å²) >= 11 is 5.94. The summed E-state index contributed by atoms with van der Waals surface area (Å²) in [4.78, 5) is 71.4. The first kappa shape index (κ1) is 72.2. The van der Waals surface area contributed by atoms with Crippen LogP contribution in [0.1, 0.15) is 81.2 Å². The normalized spacial score (nSPS) is 11.1. The van der Waals surface area contributed by atoms with Crippen LogP contribution >= 0.6 is 11.6 Å². The number of anilines is 4. The largest absolute Gasteiger partial charge is 0.493 e. The van der Waals surface area contributed by atoms with Crippen molar-refractivity contribution in [3.8, 4) is 58.3 Å². The lowest BCUT2D eigenvalue weighted by Crippen LogP contribution is -2.03. The second-order valence-electron chi connectivity index (χ2n) is 18.3. The highest BCUT2D eigenvalue weighted by molar-refractivity contribution is 6.31. The third kappa shape index (κ3) is 21.6. The molecule has 4 aromatic carbocycles. The van der Waals surface area contributed by atoms with Crippen LogP contribution in [0.15, 0.2) is 135 Å². The second kappa shape index (κ2) is 37.4. The Morgan fingerprint density at radius 1 is 0.489 bits per heavy atom. The quantitative estimate of drug-likeness (QED) is 0.0263. The zero-order valence-electron chi connectivity index (χ0n) is 53.0. The molecule has 31 nitrogen and oxygen atoms in total. The molecule has 0 radical (unpaired) electrons. The molecule has 0 saturated carbocycles. The molecule has 8 N–H and O–H groups in total. The maximum atomic E-state index is 11.4. The zero-order chi connectivity index (χ0) is 68.5. The Labute approximate surface area is 545 Å².